The number of carbonyl (C=O) groups excluding carboxylic acids is 1. The van der Waals surface area contributed by atoms with E-state index in [2.05, 4.69) is 10.1 Å². The van der Waals surface area contributed by atoms with Crippen molar-refractivity contribution in [3.05, 3.63) is 52.0 Å². The van der Waals surface area contributed by atoms with E-state index in [4.69, 9.17) is 35.9 Å². The Hall–Kier alpha value is -2.51. The van der Waals surface area contributed by atoms with Gasteiger partial charge < -0.3 is 29.9 Å². The number of rotatable bonds is 10. The summed E-state index contributed by atoms with van der Waals surface area (Å²) in [6.45, 7) is 5.43. The van der Waals surface area contributed by atoms with E-state index in [1.807, 2.05) is 0 Å². The number of esters is 1. The third-order valence-electron chi connectivity index (χ3n) is 5.36. The van der Waals surface area contributed by atoms with Gasteiger partial charge in [-0.25, -0.2) is 9.36 Å². The Balaban J connectivity index is 1.80. The van der Waals surface area contributed by atoms with Crippen molar-refractivity contribution >= 4 is 31.1 Å². The minimum Gasteiger partial charge on any atom is -0.462 e. The van der Waals surface area contributed by atoms with Crippen molar-refractivity contribution in [1.82, 2.24) is 14.6 Å². The molecule has 1 aromatic carbocycles. The zero-order chi connectivity index (χ0) is 27.5. The van der Waals surface area contributed by atoms with Gasteiger partial charge in [0.1, 0.15) is 35.4 Å². The van der Waals surface area contributed by atoms with E-state index < -0.39 is 62.2 Å². The molecule has 0 amide bonds. The minimum atomic E-state index is -4.30. The molecule has 204 valence electrons. The van der Waals surface area contributed by atoms with Gasteiger partial charge in [0.2, 0.25) is 0 Å². The Labute approximate surface area is 218 Å². The maximum atomic E-state index is 13.7. The fourth-order valence-corrected chi connectivity index (χ4v) is 5.13. The van der Waals surface area contributed by atoms with E-state index in [1.54, 1.807) is 13.8 Å². The molecule has 0 radical (unpaired) electrons. The molecule has 15 heteroatoms. The molecule has 37 heavy (non-hydrogen) atoms. The SMILES string of the molecule is CC(C)OC(=O)C(C)NP(=O)(OCC1OC(n2ccc(N)nc2=O)[C@](C)(O)[C@@H]1O)Oc1ccc(Cl)cc1. The van der Waals surface area contributed by atoms with Crippen LogP contribution in [0.15, 0.2) is 41.3 Å². The second kappa shape index (κ2) is 11.5. The Bertz CT molecular complexity index is 1210. The fourth-order valence-electron chi connectivity index (χ4n) is 3.50. The molecule has 0 bridgehead atoms. The Morgan fingerprint density at radius 2 is 1.97 bits per heavy atom. The summed E-state index contributed by atoms with van der Waals surface area (Å²) < 4.78 is 36.5. The topological polar surface area (TPSA) is 184 Å². The van der Waals surface area contributed by atoms with Crippen molar-refractivity contribution in [1.29, 1.82) is 0 Å². The van der Waals surface area contributed by atoms with Crippen molar-refractivity contribution in [3.63, 3.8) is 0 Å². The number of nitrogens with zero attached hydrogens (tertiary/aromatic N) is 2. The van der Waals surface area contributed by atoms with Gasteiger partial charge in [-0.3, -0.25) is 13.9 Å². The summed E-state index contributed by atoms with van der Waals surface area (Å²) >= 11 is 5.89. The smallest absolute Gasteiger partial charge is 0.459 e. The van der Waals surface area contributed by atoms with Crippen LogP contribution in [0.25, 0.3) is 0 Å². The molecule has 4 unspecified atom stereocenters. The number of nitrogens with two attached hydrogens (primary N) is 1. The summed E-state index contributed by atoms with van der Waals surface area (Å²) in [5.74, 6) is -0.619. The average molecular weight is 561 g/mol. The molecule has 0 spiro atoms. The summed E-state index contributed by atoms with van der Waals surface area (Å²) in [6, 6.07) is 6.11. The summed E-state index contributed by atoms with van der Waals surface area (Å²) in [7, 11) is -4.30. The van der Waals surface area contributed by atoms with E-state index in [1.165, 1.54) is 50.4 Å². The van der Waals surface area contributed by atoms with Gasteiger partial charge in [-0.2, -0.15) is 10.1 Å². The van der Waals surface area contributed by atoms with Gasteiger partial charge in [-0.05, 0) is 58.0 Å². The number of nitrogens with one attached hydrogen (secondary N) is 1. The molecule has 2 heterocycles. The molecule has 1 aliphatic heterocycles. The van der Waals surface area contributed by atoms with Crippen LogP contribution in [0.2, 0.25) is 5.02 Å². The lowest BCUT2D eigenvalue weighted by molar-refractivity contribution is -0.149. The largest absolute Gasteiger partial charge is 0.462 e. The Morgan fingerprint density at radius 1 is 1.32 bits per heavy atom. The number of nitrogen functional groups attached to an aromatic ring is 1. The third-order valence-corrected chi connectivity index (χ3v) is 7.26. The first-order chi connectivity index (χ1) is 17.2. The highest BCUT2D eigenvalue weighted by atomic mass is 35.5. The van der Waals surface area contributed by atoms with Gasteiger partial charge in [-0.15, -0.1) is 0 Å². The predicted octanol–water partition coefficient (Wildman–Crippen LogP) is 1.62. The molecular weight excluding hydrogens is 531 g/mol. The Kier molecular flexibility index (Phi) is 9.01. The van der Waals surface area contributed by atoms with Gasteiger partial charge >= 0.3 is 19.4 Å². The van der Waals surface area contributed by atoms with Crippen LogP contribution in [0.1, 0.15) is 33.9 Å². The highest BCUT2D eigenvalue weighted by Crippen LogP contribution is 2.47. The van der Waals surface area contributed by atoms with Crippen molar-refractivity contribution in [2.24, 2.45) is 0 Å². The number of anilines is 1. The van der Waals surface area contributed by atoms with Crippen LogP contribution in [0.5, 0.6) is 5.75 Å². The molecule has 1 fully saturated rings. The first kappa shape index (κ1) is 29.1. The highest BCUT2D eigenvalue weighted by Gasteiger charge is 2.54. The van der Waals surface area contributed by atoms with Gasteiger partial charge in [-0.1, -0.05) is 11.6 Å². The number of aliphatic hydroxyl groups is 2. The molecule has 3 rings (SSSR count). The molecular formula is C22H30ClN4O9P. The molecule has 1 aromatic heterocycles. The van der Waals surface area contributed by atoms with Crippen LogP contribution < -0.4 is 21.0 Å². The first-order valence-electron chi connectivity index (χ1n) is 11.3. The van der Waals surface area contributed by atoms with Crippen LogP contribution in [-0.4, -0.2) is 62.3 Å². The zero-order valence-electron chi connectivity index (χ0n) is 20.6. The lowest BCUT2D eigenvalue weighted by Gasteiger charge is -2.27. The van der Waals surface area contributed by atoms with Crippen LogP contribution in [0, 0.1) is 0 Å². The maximum absolute atomic E-state index is 13.7. The Morgan fingerprint density at radius 3 is 2.57 bits per heavy atom. The van der Waals surface area contributed by atoms with E-state index in [0.717, 1.165) is 4.57 Å². The highest BCUT2D eigenvalue weighted by molar-refractivity contribution is 7.52. The number of benzene rings is 1. The van der Waals surface area contributed by atoms with Crippen molar-refractivity contribution in [3.8, 4) is 5.75 Å². The number of hydrogen-bond donors (Lipinski definition) is 4. The van der Waals surface area contributed by atoms with Crippen LogP contribution in [0.3, 0.4) is 0 Å². The van der Waals surface area contributed by atoms with Gasteiger partial charge in [0, 0.05) is 11.2 Å². The zero-order valence-corrected chi connectivity index (χ0v) is 22.3. The maximum Gasteiger partial charge on any atom is 0.459 e. The number of carbonyl (C=O) groups is 1. The van der Waals surface area contributed by atoms with E-state index >= 15 is 0 Å². The van der Waals surface area contributed by atoms with E-state index in [-0.39, 0.29) is 11.6 Å². The molecule has 1 aliphatic rings. The monoisotopic (exact) mass is 560 g/mol. The summed E-state index contributed by atoms with van der Waals surface area (Å²) in [5.41, 5.74) is 2.74. The van der Waals surface area contributed by atoms with Gasteiger partial charge in [0.15, 0.2) is 6.23 Å². The number of aromatic nitrogens is 2. The molecule has 0 aliphatic carbocycles. The molecule has 6 atom stereocenters. The first-order valence-corrected chi connectivity index (χ1v) is 13.2. The third kappa shape index (κ3) is 7.08. The van der Waals surface area contributed by atoms with Gasteiger partial charge in [0.25, 0.3) is 0 Å². The number of ether oxygens (including phenoxy) is 2. The molecule has 1 saturated heterocycles. The number of aliphatic hydroxyl groups excluding tert-OH is 1. The molecule has 5 N–H and O–H groups in total. The lowest BCUT2D eigenvalue weighted by Crippen LogP contribution is -2.46. The van der Waals surface area contributed by atoms with E-state index in [0.29, 0.717) is 5.02 Å². The quantitative estimate of drug-likeness (QED) is 0.243. The lowest BCUT2D eigenvalue weighted by atomic mass is 9.96. The summed E-state index contributed by atoms with van der Waals surface area (Å²) in [5, 5.41) is 24.5. The van der Waals surface area contributed by atoms with Crippen LogP contribution in [0.4, 0.5) is 5.82 Å². The van der Waals surface area contributed by atoms with Crippen molar-refractivity contribution < 1.29 is 38.1 Å². The average Bonchev–Trinajstić information content (AvgIpc) is 3.02. The second-order valence-corrected chi connectivity index (χ2v) is 11.0. The fraction of sp³-hybridized carbons (Fsp3) is 0.500. The summed E-state index contributed by atoms with van der Waals surface area (Å²) in [4.78, 5) is 28.2. The minimum absolute atomic E-state index is 0.0317. The van der Waals surface area contributed by atoms with Gasteiger partial charge in [0.05, 0.1) is 12.7 Å². The van der Waals surface area contributed by atoms with E-state index in [9.17, 15) is 24.4 Å². The van der Waals surface area contributed by atoms with Crippen LogP contribution >= 0.6 is 19.3 Å². The normalized spacial score (nSPS) is 26.0. The standard InChI is InChI=1S/C22H30ClN4O9P/c1-12(2)34-19(29)13(3)26-37(32,36-15-7-5-14(23)6-8-15)33-11-16-18(28)22(4,31)20(35-16)27-10-9-17(24)25-21(27)30/h5-10,12-13,16,18,20,28,31H,11H2,1-4H3,(H,26,32)(H2,24,25,30)/t13?,16?,18-,20?,22-,37?/m1/s1. The van der Waals surface area contributed by atoms with Crippen molar-refractivity contribution in [2.75, 3.05) is 12.3 Å². The molecule has 13 nitrogen and oxygen atoms in total. The molecule has 0 saturated carbocycles. The number of halogens is 1. The van der Waals surface area contributed by atoms with Crippen LogP contribution in [-0.2, 0) is 23.4 Å². The van der Waals surface area contributed by atoms with Crippen molar-refractivity contribution in [2.45, 2.75) is 63.9 Å². The second-order valence-electron chi connectivity index (χ2n) is 8.91. The predicted molar refractivity (Wildman–Crippen MR) is 133 cm³/mol. The number of hydrogen-bond acceptors (Lipinski definition) is 11. The summed E-state index contributed by atoms with van der Waals surface area (Å²) in [6.07, 6.45) is -3.35. The molecule has 2 aromatic rings.